The van der Waals surface area contributed by atoms with E-state index in [0.717, 1.165) is 0 Å². The van der Waals surface area contributed by atoms with Crippen molar-refractivity contribution in [1.29, 1.82) is 0 Å². The fraction of sp³-hybridized carbons (Fsp3) is 0.500. The largest absolute Gasteiger partial charge is 0.348 e. The SMILES string of the molecule is CC(=O)OCl.[La]. The number of hydrogen-bond donors (Lipinski definition) is 0. The van der Waals surface area contributed by atoms with Crippen molar-refractivity contribution in [2.24, 2.45) is 0 Å². The standard InChI is InChI=1S/C2H3ClO2.La/c1-2(4)5-3;/h1H3;. The fourth-order valence-electron chi connectivity index (χ4n) is 0. The van der Waals surface area contributed by atoms with Crippen molar-refractivity contribution >= 4 is 17.8 Å². The Morgan fingerprint density at radius 3 is 2.00 bits per heavy atom. The third kappa shape index (κ3) is 8.88. The van der Waals surface area contributed by atoms with Gasteiger partial charge in [-0.25, -0.2) is 0 Å². The maximum atomic E-state index is 9.46. The van der Waals surface area contributed by atoms with Gasteiger partial charge >= 0.3 is 5.97 Å². The average molecular weight is 233 g/mol. The van der Waals surface area contributed by atoms with Gasteiger partial charge in [0.25, 0.3) is 0 Å². The second-order valence-electron chi connectivity index (χ2n) is 0.569. The van der Waals surface area contributed by atoms with E-state index in [-0.39, 0.29) is 35.6 Å². The van der Waals surface area contributed by atoms with Crippen LogP contribution in [0, 0.1) is 35.6 Å². The van der Waals surface area contributed by atoms with Gasteiger partial charge in [-0.05, 0) is 0 Å². The van der Waals surface area contributed by atoms with E-state index in [4.69, 9.17) is 0 Å². The molecule has 6 heavy (non-hydrogen) atoms. The molecule has 0 aliphatic heterocycles. The van der Waals surface area contributed by atoms with Crippen LogP contribution in [0.3, 0.4) is 0 Å². The number of rotatable bonds is 0. The van der Waals surface area contributed by atoms with E-state index in [2.05, 4.69) is 16.2 Å². The third-order valence-electron chi connectivity index (χ3n) is 0.109. The van der Waals surface area contributed by atoms with Gasteiger partial charge in [0.1, 0.15) is 11.9 Å². The van der Waals surface area contributed by atoms with Gasteiger partial charge in [-0.15, -0.1) is 0 Å². The van der Waals surface area contributed by atoms with Crippen LogP contribution in [-0.2, 0) is 9.08 Å². The van der Waals surface area contributed by atoms with E-state index in [9.17, 15) is 4.79 Å². The summed E-state index contributed by atoms with van der Waals surface area (Å²) >= 11 is 4.49. The minimum absolute atomic E-state index is 0. The van der Waals surface area contributed by atoms with Gasteiger partial charge in [-0.3, -0.25) is 4.79 Å². The molecule has 0 aromatic rings. The van der Waals surface area contributed by atoms with E-state index in [1.165, 1.54) is 6.92 Å². The van der Waals surface area contributed by atoms with Crippen LogP contribution in [0.5, 0.6) is 0 Å². The second kappa shape index (κ2) is 5.95. The number of hydrogen-bond acceptors (Lipinski definition) is 2. The molecule has 0 bridgehead atoms. The van der Waals surface area contributed by atoms with Crippen molar-refractivity contribution in [3.63, 3.8) is 0 Å². The van der Waals surface area contributed by atoms with E-state index >= 15 is 0 Å². The van der Waals surface area contributed by atoms with Crippen LogP contribution in [-0.4, -0.2) is 5.97 Å². The normalized spacial score (nSPS) is 5.67. The Balaban J connectivity index is 0. The first-order valence-corrected chi connectivity index (χ1v) is 1.37. The molecule has 0 amide bonds. The minimum Gasteiger partial charge on any atom is -0.348 e. The molecule has 0 atom stereocenters. The molecule has 0 fully saturated rings. The molecule has 0 heterocycles. The van der Waals surface area contributed by atoms with Gasteiger partial charge in [0, 0.05) is 42.5 Å². The predicted octanol–water partition coefficient (Wildman–Crippen LogP) is 0.703. The molecule has 2 nitrogen and oxygen atoms in total. The molecule has 0 N–H and O–H groups in total. The van der Waals surface area contributed by atoms with Crippen LogP contribution >= 0.6 is 11.9 Å². The summed E-state index contributed by atoms with van der Waals surface area (Å²) in [6.45, 7) is 1.23. The number of carbonyl (C=O) groups excluding carboxylic acids is 1. The quantitative estimate of drug-likeness (QED) is 0.616. The van der Waals surface area contributed by atoms with Gasteiger partial charge < -0.3 is 4.29 Å². The summed E-state index contributed by atoms with van der Waals surface area (Å²) < 4.78 is 3.58. The van der Waals surface area contributed by atoms with Gasteiger partial charge in [0.2, 0.25) is 0 Å². The molecule has 0 aliphatic rings. The maximum Gasteiger partial charge on any atom is 0.321 e. The molecule has 0 rings (SSSR count). The summed E-state index contributed by atoms with van der Waals surface area (Å²) in [7, 11) is 0. The summed E-state index contributed by atoms with van der Waals surface area (Å²) in [5.41, 5.74) is 0. The van der Waals surface area contributed by atoms with Crippen LogP contribution in [0.15, 0.2) is 0 Å². The van der Waals surface area contributed by atoms with Crippen LogP contribution in [0.4, 0.5) is 0 Å². The van der Waals surface area contributed by atoms with Crippen molar-refractivity contribution in [1.82, 2.24) is 0 Å². The molecule has 0 saturated carbocycles. The molecule has 0 spiro atoms. The molecule has 33 valence electrons. The van der Waals surface area contributed by atoms with E-state index in [0.29, 0.717) is 0 Å². The predicted molar refractivity (Wildman–Crippen MR) is 17.6 cm³/mol. The zero-order valence-corrected chi connectivity index (χ0v) is 7.65. The van der Waals surface area contributed by atoms with Gasteiger partial charge in [-0.1, -0.05) is 0 Å². The molecule has 0 aromatic heterocycles. The van der Waals surface area contributed by atoms with Crippen LogP contribution in [0.1, 0.15) is 6.92 Å². The average Bonchev–Trinajstić information content (AvgIpc) is 1.38. The minimum atomic E-state index is -0.480. The first kappa shape index (κ1) is 10.0. The molecule has 0 aliphatic carbocycles. The van der Waals surface area contributed by atoms with Crippen molar-refractivity contribution in [3.8, 4) is 0 Å². The molecule has 4 heteroatoms. The Hall–Kier alpha value is 0.955. The van der Waals surface area contributed by atoms with Crippen molar-refractivity contribution in [3.05, 3.63) is 0 Å². The Morgan fingerprint density at radius 2 is 2.00 bits per heavy atom. The van der Waals surface area contributed by atoms with Gasteiger partial charge in [-0.2, -0.15) is 0 Å². The molecule has 1 radical (unpaired) electrons. The second-order valence-corrected chi connectivity index (χ2v) is 0.723. The monoisotopic (exact) mass is 233 g/mol. The molecule has 0 aromatic carbocycles. The zero-order chi connectivity index (χ0) is 4.28. The first-order chi connectivity index (χ1) is 2.27. The fourth-order valence-corrected chi connectivity index (χ4v) is 0. The Bertz CT molecular complexity index is 46.8. The molecular weight excluding hydrogens is 230 g/mol. The van der Waals surface area contributed by atoms with Gasteiger partial charge in [0.15, 0.2) is 0 Å². The molecular formula is C2H3ClLaO2. The van der Waals surface area contributed by atoms with Crippen molar-refractivity contribution in [2.75, 3.05) is 0 Å². The van der Waals surface area contributed by atoms with E-state index in [1.54, 1.807) is 0 Å². The first-order valence-electron chi connectivity index (χ1n) is 1.06. The number of halogens is 1. The summed E-state index contributed by atoms with van der Waals surface area (Å²) in [5, 5.41) is 0. The Morgan fingerprint density at radius 1 is 1.83 bits per heavy atom. The topological polar surface area (TPSA) is 26.3 Å². The van der Waals surface area contributed by atoms with E-state index < -0.39 is 5.97 Å². The van der Waals surface area contributed by atoms with Crippen LogP contribution < -0.4 is 0 Å². The maximum absolute atomic E-state index is 9.46. The summed E-state index contributed by atoms with van der Waals surface area (Å²) in [5.74, 6) is -0.480. The Kier molecular flexibility index (Phi) is 9.97. The molecule has 0 unspecified atom stereocenters. The van der Waals surface area contributed by atoms with Crippen molar-refractivity contribution < 1.29 is 44.7 Å². The number of carbonyl (C=O) groups is 1. The van der Waals surface area contributed by atoms with Crippen molar-refractivity contribution in [2.45, 2.75) is 6.92 Å². The van der Waals surface area contributed by atoms with Crippen LogP contribution in [0.2, 0.25) is 0 Å². The third-order valence-corrected chi connectivity index (χ3v) is 0.326. The summed E-state index contributed by atoms with van der Waals surface area (Å²) in [6.07, 6.45) is 0. The molecule has 0 saturated heterocycles. The summed E-state index contributed by atoms with van der Waals surface area (Å²) in [4.78, 5) is 9.46. The van der Waals surface area contributed by atoms with E-state index in [1.807, 2.05) is 0 Å². The van der Waals surface area contributed by atoms with Gasteiger partial charge in [0.05, 0.1) is 0 Å². The Labute approximate surface area is 69.0 Å². The summed E-state index contributed by atoms with van der Waals surface area (Å²) in [6, 6.07) is 0. The zero-order valence-electron chi connectivity index (χ0n) is 3.27. The smallest absolute Gasteiger partial charge is 0.321 e. The van der Waals surface area contributed by atoms with Crippen LogP contribution in [0.25, 0.3) is 0 Å².